The van der Waals surface area contributed by atoms with Gasteiger partial charge in [0.2, 0.25) is 5.78 Å². The first-order chi connectivity index (χ1) is 6.38. The summed E-state index contributed by atoms with van der Waals surface area (Å²) in [7, 11) is 1.34. The average Bonchev–Trinajstić information content (AvgIpc) is 2.03. The number of halogens is 3. The maximum Gasteiger partial charge on any atom is 0.450 e. The minimum Gasteiger partial charge on any atom is -0.463 e. The molecule has 0 saturated heterocycles. The fourth-order valence-electron chi connectivity index (χ4n) is 0.521. The lowest BCUT2D eigenvalue weighted by Gasteiger charge is -2.05. The van der Waals surface area contributed by atoms with Gasteiger partial charge in [-0.25, -0.2) is 0 Å². The minimum absolute atomic E-state index is 0.0753. The van der Waals surface area contributed by atoms with Gasteiger partial charge < -0.3 is 9.47 Å². The van der Waals surface area contributed by atoms with E-state index in [4.69, 9.17) is 0 Å². The predicted molar refractivity (Wildman–Crippen MR) is 38.5 cm³/mol. The fourth-order valence-corrected chi connectivity index (χ4v) is 0.521. The Balaban J connectivity index is 3.78. The Morgan fingerprint density at radius 2 is 1.79 bits per heavy atom. The summed E-state index contributed by atoms with van der Waals surface area (Å²) in [6.07, 6.45) is -6.27. The molecule has 0 N–H and O–H groups in total. The summed E-state index contributed by atoms with van der Waals surface area (Å²) in [5.74, 6) is -3.32. The molecule has 0 fully saturated rings. The van der Waals surface area contributed by atoms with Crippen molar-refractivity contribution in [2.45, 2.75) is 12.6 Å². The first-order valence-electron chi connectivity index (χ1n) is 3.62. The first kappa shape index (κ1) is 12.9. The number of methoxy groups -OCH3 is 1. The average molecular weight is 214 g/mol. The number of esters is 1. The van der Waals surface area contributed by atoms with E-state index in [2.05, 4.69) is 9.47 Å². The summed E-state index contributed by atoms with van der Waals surface area (Å²) >= 11 is 0. The highest BCUT2D eigenvalue weighted by atomic mass is 19.4. The summed E-state index contributed by atoms with van der Waals surface area (Å²) in [4.78, 5) is 20.8. The van der Waals surface area contributed by atoms with E-state index < -0.39 is 24.3 Å². The molecule has 0 aliphatic rings. The number of hydrogen-bond donors (Lipinski definition) is 0. The molecule has 0 heterocycles. The van der Waals surface area contributed by atoms with E-state index in [9.17, 15) is 22.8 Å². The van der Waals surface area contributed by atoms with Crippen LogP contribution in [0.15, 0.2) is 0 Å². The second-order valence-electron chi connectivity index (χ2n) is 2.31. The Morgan fingerprint density at radius 3 is 2.21 bits per heavy atom. The molecule has 0 aromatic heterocycles. The molecule has 14 heavy (non-hydrogen) atoms. The SMILES string of the molecule is COCCOC(=O)CC(=O)C(F)(F)F. The van der Waals surface area contributed by atoms with Gasteiger partial charge in [0.25, 0.3) is 0 Å². The Labute approximate surface area is 78.0 Å². The van der Waals surface area contributed by atoms with Crippen LogP contribution in [0.25, 0.3) is 0 Å². The fraction of sp³-hybridized carbons (Fsp3) is 0.714. The molecular weight excluding hydrogens is 205 g/mol. The van der Waals surface area contributed by atoms with E-state index in [1.165, 1.54) is 7.11 Å². The molecule has 0 bridgehead atoms. The standard InChI is InChI=1S/C7H9F3O4/c1-13-2-3-14-6(12)4-5(11)7(8,9)10/h2-4H2,1H3. The molecule has 7 heteroatoms. The van der Waals surface area contributed by atoms with Gasteiger partial charge in [0.15, 0.2) is 0 Å². The van der Waals surface area contributed by atoms with Crippen LogP contribution < -0.4 is 0 Å². The molecule has 0 aliphatic heterocycles. The van der Waals surface area contributed by atoms with E-state index in [0.717, 1.165) is 0 Å². The van der Waals surface area contributed by atoms with Gasteiger partial charge in [0.05, 0.1) is 6.61 Å². The maximum atomic E-state index is 11.6. The molecule has 82 valence electrons. The molecular formula is C7H9F3O4. The third kappa shape index (κ3) is 5.52. The number of carbonyl (C=O) groups is 2. The van der Waals surface area contributed by atoms with E-state index in [1.807, 2.05) is 0 Å². The zero-order chi connectivity index (χ0) is 11.2. The zero-order valence-corrected chi connectivity index (χ0v) is 7.39. The molecule has 0 atom stereocenters. The van der Waals surface area contributed by atoms with Crippen molar-refractivity contribution in [3.63, 3.8) is 0 Å². The lowest BCUT2D eigenvalue weighted by molar-refractivity contribution is -0.174. The molecule has 0 radical (unpaired) electrons. The molecule has 0 rings (SSSR count). The molecule has 0 unspecified atom stereocenters. The van der Waals surface area contributed by atoms with E-state index in [0.29, 0.717) is 0 Å². The molecule has 0 aliphatic carbocycles. The smallest absolute Gasteiger partial charge is 0.450 e. The number of Topliss-reactive ketones (excluding diaryl/α,β-unsaturated/α-hetero) is 1. The molecule has 0 amide bonds. The van der Waals surface area contributed by atoms with Crippen LogP contribution in [0.1, 0.15) is 6.42 Å². The maximum absolute atomic E-state index is 11.6. The van der Waals surface area contributed by atoms with Crippen molar-refractivity contribution in [3.8, 4) is 0 Å². The van der Waals surface area contributed by atoms with Crippen LogP contribution in [0, 0.1) is 0 Å². The first-order valence-corrected chi connectivity index (χ1v) is 3.62. The Morgan fingerprint density at radius 1 is 1.21 bits per heavy atom. The summed E-state index contributed by atoms with van der Waals surface area (Å²) in [5, 5.41) is 0. The van der Waals surface area contributed by atoms with Crippen LogP contribution in [-0.4, -0.2) is 38.3 Å². The molecule has 0 aromatic rings. The van der Waals surface area contributed by atoms with Gasteiger partial charge in [-0.2, -0.15) is 13.2 Å². The number of ketones is 1. The highest BCUT2D eigenvalue weighted by Crippen LogP contribution is 2.17. The van der Waals surface area contributed by atoms with Crippen LogP contribution in [0.3, 0.4) is 0 Å². The van der Waals surface area contributed by atoms with Crippen molar-refractivity contribution >= 4 is 11.8 Å². The van der Waals surface area contributed by atoms with Gasteiger partial charge in [-0.1, -0.05) is 0 Å². The van der Waals surface area contributed by atoms with E-state index in [-0.39, 0.29) is 13.2 Å². The van der Waals surface area contributed by atoms with Gasteiger partial charge >= 0.3 is 12.1 Å². The summed E-state index contributed by atoms with van der Waals surface area (Å²) in [6.45, 7) is -0.0909. The summed E-state index contributed by atoms with van der Waals surface area (Å²) < 4.78 is 43.6. The van der Waals surface area contributed by atoms with Crippen LogP contribution in [0.5, 0.6) is 0 Å². The van der Waals surface area contributed by atoms with Crippen LogP contribution in [0.2, 0.25) is 0 Å². The summed E-state index contributed by atoms with van der Waals surface area (Å²) in [6, 6.07) is 0. The van der Waals surface area contributed by atoms with Gasteiger partial charge in [0.1, 0.15) is 13.0 Å². The van der Waals surface area contributed by atoms with Crippen molar-refractivity contribution < 1.29 is 32.2 Å². The van der Waals surface area contributed by atoms with Crippen molar-refractivity contribution in [1.82, 2.24) is 0 Å². The lowest BCUT2D eigenvalue weighted by atomic mass is 10.3. The lowest BCUT2D eigenvalue weighted by Crippen LogP contribution is -2.26. The van der Waals surface area contributed by atoms with Crippen molar-refractivity contribution in [2.24, 2.45) is 0 Å². The van der Waals surface area contributed by atoms with Gasteiger partial charge in [-0.15, -0.1) is 0 Å². The third-order valence-electron chi connectivity index (χ3n) is 1.17. The van der Waals surface area contributed by atoms with Crippen molar-refractivity contribution in [2.75, 3.05) is 20.3 Å². The number of ether oxygens (including phenoxy) is 2. The minimum atomic E-state index is -4.99. The zero-order valence-electron chi connectivity index (χ0n) is 7.39. The van der Waals surface area contributed by atoms with Gasteiger partial charge in [0, 0.05) is 7.11 Å². The van der Waals surface area contributed by atoms with Gasteiger partial charge in [-0.05, 0) is 0 Å². The number of rotatable bonds is 5. The molecule has 0 saturated carbocycles. The predicted octanol–water partition coefficient (Wildman–Crippen LogP) is 0.697. The second-order valence-corrected chi connectivity index (χ2v) is 2.31. The highest BCUT2D eigenvalue weighted by molar-refractivity contribution is 5.98. The van der Waals surface area contributed by atoms with Crippen molar-refractivity contribution in [3.05, 3.63) is 0 Å². The summed E-state index contributed by atoms with van der Waals surface area (Å²) in [5.41, 5.74) is 0. The highest BCUT2D eigenvalue weighted by Gasteiger charge is 2.39. The Bertz CT molecular complexity index is 211. The Hall–Kier alpha value is -1.11. The molecule has 0 spiro atoms. The number of hydrogen-bond acceptors (Lipinski definition) is 4. The van der Waals surface area contributed by atoms with Crippen molar-refractivity contribution in [1.29, 1.82) is 0 Å². The quantitative estimate of drug-likeness (QED) is 0.384. The number of alkyl halides is 3. The normalized spacial score (nSPS) is 11.1. The largest absolute Gasteiger partial charge is 0.463 e. The number of carbonyl (C=O) groups excluding carboxylic acids is 2. The van der Waals surface area contributed by atoms with E-state index >= 15 is 0 Å². The van der Waals surface area contributed by atoms with E-state index in [1.54, 1.807) is 0 Å². The topological polar surface area (TPSA) is 52.6 Å². The Kier molecular flexibility index (Phi) is 5.14. The monoisotopic (exact) mass is 214 g/mol. The van der Waals surface area contributed by atoms with Gasteiger partial charge in [-0.3, -0.25) is 9.59 Å². The van der Waals surface area contributed by atoms with Crippen LogP contribution in [0.4, 0.5) is 13.2 Å². The molecule has 4 nitrogen and oxygen atoms in total. The van der Waals surface area contributed by atoms with Crippen LogP contribution >= 0.6 is 0 Å². The molecule has 0 aromatic carbocycles. The van der Waals surface area contributed by atoms with Crippen LogP contribution in [-0.2, 0) is 19.1 Å². The third-order valence-corrected chi connectivity index (χ3v) is 1.17. The second kappa shape index (κ2) is 5.58.